The van der Waals surface area contributed by atoms with Crippen LogP contribution in [0.3, 0.4) is 0 Å². The van der Waals surface area contributed by atoms with Gasteiger partial charge in [-0.3, -0.25) is 0 Å². The van der Waals surface area contributed by atoms with Crippen molar-refractivity contribution in [1.29, 1.82) is 0 Å². The minimum atomic E-state index is -5.32. The number of hydrogen-bond donors (Lipinski definition) is 0. The van der Waals surface area contributed by atoms with Gasteiger partial charge >= 0.3 is 133 Å². The molecule has 22 heavy (non-hydrogen) atoms. The Morgan fingerprint density at radius 1 is 0.545 bits per heavy atom. The number of benzene rings is 3. The molecule has 3 aromatic carbocycles. The molecule has 0 heterocycles. The van der Waals surface area contributed by atoms with Crippen molar-refractivity contribution in [2.75, 3.05) is 0 Å². The van der Waals surface area contributed by atoms with Gasteiger partial charge in [0, 0.05) is 0 Å². The van der Waals surface area contributed by atoms with Crippen LogP contribution in [0.5, 0.6) is 0 Å². The molecule has 0 amide bonds. The van der Waals surface area contributed by atoms with Crippen LogP contribution in [0.15, 0.2) is 95.9 Å². The van der Waals surface area contributed by atoms with Gasteiger partial charge in [-0.1, -0.05) is 0 Å². The van der Waals surface area contributed by atoms with E-state index in [1.54, 1.807) is 60.7 Å². The Kier molecular flexibility index (Phi) is 4.03. The van der Waals surface area contributed by atoms with Crippen LogP contribution in [0.25, 0.3) is 0 Å². The monoisotopic (exact) mass is 332 g/mol. The molecule has 0 atom stereocenters. The molecule has 0 fully saturated rings. The predicted octanol–water partition coefficient (Wildman–Crippen LogP) is 5.67. The summed E-state index contributed by atoms with van der Waals surface area (Å²) in [6, 6.07) is 25.2. The molecule has 3 aromatic rings. The zero-order chi connectivity index (χ0) is 15.5. The van der Waals surface area contributed by atoms with E-state index in [9.17, 15) is 0 Å². The van der Waals surface area contributed by atoms with E-state index in [0.29, 0.717) is 16.3 Å². The summed E-state index contributed by atoms with van der Waals surface area (Å²) in [4.78, 5) is 0.581. The van der Waals surface area contributed by atoms with E-state index in [4.69, 9.17) is 0 Å². The average Bonchev–Trinajstić information content (AvgIpc) is 2.57. The molecular formula is C18H15F2PS. The van der Waals surface area contributed by atoms with Crippen molar-refractivity contribution >= 4 is 28.4 Å². The molecule has 0 saturated carbocycles. The molecule has 4 heteroatoms. The molecule has 0 unspecified atom stereocenters. The SMILES string of the molecule is FP(F)(Sc1ccccc1)(c1ccccc1)c1ccccc1. The topological polar surface area (TPSA) is 0 Å². The van der Waals surface area contributed by atoms with Gasteiger partial charge in [0.15, 0.2) is 0 Å². The first-order chi connectivity index (χ1) is 10.6. The molecule has 0 nitrogen and oxygen atoms in total. The van der Waals surface area contributed by atoms with Crippen LogP contribution in [-0.2, 0) is 0 Å². The van der Waals surface area contributed by atoms with Gasteiger partial charge in [-0.15, -0.1) is 0 Å². The first kappa shape index (κ1) is 15.2. The van der Waals surface area contributed by atoms with Gasteiger partial charge < -0.3 is 0 Å². The second-order valence-corrected chi connectivity index (χ2v) is 10.7. The van der Waals surface area contributed by atoms with E-state index in [1.165, 1.54) is 24.3 Å². The zero-order valence-electron chi connectivity index (χ0n) is 11.8. The van der Waals surface area contributed by atoms with Crippen LogP contribution >= 0.6 is 17.8 Å². The fourth-order valence-corrected chi connectivity index (χ4v) is 7.61. The van der Waals surface area contributed by atoms with Crippen molar-refractivity contribution in [2.45, 2.75) is 4.90 Å². The maximum atomic E-state index is 16.1. The van der Waals surface area contributed by atoms with Gasteiger partial charge in [-0.25, -0.2) is 0 Å². The van der Waals surface area contributed by atoms with Crippen molar-refractivity contribution < 1.29 is 8.39 Å². The summed E-state index contributed by atoms with van der Waals surface area (Å²) in [6.45, 7) is 0. The molecule has 0 aliphatic rings. The van der Waals surface area contributed by atoms with Crippen molar-refractivity contribution in [2.24, 2.45) is 0 Å². The summed E-state index contributed by atoms with van der Waals surface area (Å²) >= 11 is 0.697. The van der Waals surface area contributed by atoms with Crippen molar-refractivity contribution in [1.82, 2.24) is 0 Å². The van der Waals surface area contributed by atoms with E-state index in [2.05, 4.69) is 0 Å². The van der Waals surface area contributed by atoms with Gasteiger partial charge in [0.1, 0.15) is 0 Å². The van der Waals surface area contributed by atoms with Gasteiger partial charge in [0.2, 0.25) is 0 Å². The molecular weight excluding hydrogens is 317 g/mol. The third-order valence-corrected chi connectivity index (χ3v) is 9.36. The Morgan fingerprint density at radius 3 is 1.32 bits per heavy atom. The van der Waals surface area contributed by atoms with E-state index in [1.807, 2.05) is 6.07 Å². The first-order valence-electron chi connectivity index (χ1n) is 6.90. The van der Waals surface area contributed by atoms with E-state index in [-0.39, 0.29) is 10.6 Å². The van der Waals surface area contributed by atoms with E-state index >= 15 is 8.39 Å². The molecule has 0 radical (unpaired) electrons. The van der Waals surface area contributed by atoms with Crippen LogP contribution in [0.4, 0.5) is 8.39 Å². The summed E-state index contributed by atoms with van der Waals surface area (Å²) in [5.41, 5.74) is 0. The average molecular weight is 332 g/mol. The Morgan fingerprint density at radius 2 is 0.909 bits per heavy atom. The van der Waals surface area contributed by atoms with Crippen molar-refractivity contribution in [3.63, 3.8) is 0 Å². The predicted molar refractivity (Wildman–Crippen MR) is 93.6 cm³/mol. The number of halogens is 2. The summed E-state index contributed by atoms with van der Waals surface area (Å²) in [5.74, 6) is 0. The van der Waals surface area contributed by atoms with Gasteiger partial charge in [0.05, 0.1) is 0 Å². The Balaban J connectivity index is 2.19. The quantitative estimate of drug-likeness (QED) is 0.555. The van der Waals surface area contributed by atoms with Gasteiger partial charge in [-0.2, -0.15) is 0 Å². The number of hydrogen-bond acceptors (Lipinski definition) is 1. The summed E-state index contributed by atoms with van der Waals surface area (Å²) in [7, 11) is 0. The molecule has 0 aliphatic heterocycles. The van der Waals surface area contributed by atoms with Crippen LogP contribution in [0.2, 0.25) is 0 Å². The summed E-state index contributed by atoms with van der Waals surface area (Å²) < 4.78 is 32.1. The molecule has 112 valence electrons. The van der Waals surface area contributed by atoms with Crippen molar-refractivity contribution in [3.8, 4) is 0 Å². The van der Waals surface area contributed by atoms with Gasteiger partial charge in [-0.05, 0) is 0 Å². The summed E-state index contributed by atoms with van der Waals surface area (Å²) in [5, 5.41) is 0.210. The number of rotatable bonds is 4. The Labute approximate surface area is 133 Å². The molecule has 0 N–H and O–H groups in total. The van der Waals surface area contributed by atoms with E-state index in [0.717, 1.165) is 0 Å². The second kappa shape index (κ2) is 5.83. The molecule has 0 bridgehead atoms. The van der Waals surface area contributed by atoms with Gasteiger partial charge in [0.25, 0.3) is 0 Å². The molecule has 0 spiro atoms. The third-order valence-electron chi connectivity index (χ3n) is 3.38. The fraction of sp³-hybridized carbons (Fsp3) is 0. The molecule has 0 aromatic heterocycles. The first-order valence-corrected chi connectivity index (χ1v) is 10.3. The zero-order valence-corrected chi connectivity index (χ0v) is 13.5. The molecule has 0 saturated heterocycles. The van der Waals surface area contributed by atoms with Crippen LogP contribution in [0, 0.1) is 0 Å². The standard InChI is InChI=1S/C18H15F2PS/c19-21(20,16-10-4-1-5-11-16,17-12-6-2-7-13-17)22-18-14-8-3-9-15-18/h1-15H. The maximum absolute atomic E-state index is 16.1. The molecule has 0 aliphatic carbocycles. The van der Waals surface area contributed by atoms with E-state index < -0.39 is 6.43 Å². The third kappa shape index (κ3) is 2.79. The Hall–Kier alpha value is -1.70. The summed E-state index contributed by atoms with van der Waals surface area (Å²) in [6.07, 6.45) is -5.32. The van der Waals surface area contributed by atoms with Crippen molar-refractivity contribution in [3.05, 3.63) is 91.0 Å². The van der Waals surface area contributed by atoms with Crippen LogP contribution in [0.1, 0.15) is 0 Å². The second-order valence-electron chi connectivity index (χ2n) is 4.91. The van der Waals surface area contributed by atoms with Crippen LogP contribution < -0.4 is 10.6 Å². The molecule has 3 rings (SSSR count). The minimum absolute atomic E-state index is 0.105. The Bertz CT molecular complexity index is 702. The normalized spacial score (nSPS) is 13.3. The fourth-order valence-electron chi connectivity index (χ4n) is 2.27. The van der Waals surface area contributed by atoms with Crippen LogP contribution in [-0.4, -0.2) is 0 Å².